The lowest BCUT2D eigenvalue weighted by Crippen LogP contribution is -2.27. The van der Waals surface area contributed by atoms with Crippen molar-refractivity contribution in [3.63, 3.8) is 0 Å². The fourth-order valence-corrected chi connectivity index (χ4v) is 2.99. The number of hydrogen-bond donors (Lipinski definition) is 3. The number of carbonyl (C=O) groups excluding carboxylic acids is 1. The highest BCUT2D eigenvalue weighted by Gasteiger charge is 2.22. The maximum absolute atomic E-state index is 12.7. The first kappa shape index (κ1) is 17.9. The van der Waals surface area contributed by atoms with Crippen molar-refractivity contribution < 1.29 is 4.79 Å². The summed E-state index contributed by atoms with van der Waals surface area (Å²) in [6.45, 7) is 1.86. The third-order valence-corrected chi connectivity index (χ3v) is 4.53. The molecule has 1 unspecified atom stereocenters. The summed E-state index contributed by atoms with van der Waals surface area (Å²) in [5.74, 6) is 0.133. The first-order valence-corrected chi connectivity index (χ1v) is 8.99. The van der Waals surface area contributed by atoms with Gasteiger partial charge in [-0.3, -0.25) is 4.79 Å². The van der Waals surface area contributed by atoms with Gasteiger partial charge in [0.1, 0.15) is 0 Å². The molecule has 1 atom stereocenters. The van der Waals surface area contributed by atoms with Crippen LogP contribution in [-0.4, -0.2) is 36.1 Å². The number of amides is 1. The average Bonchev–Trinajstić information content (AvgIpc) is 3.29. The lowest BCUT2D eigenvalue weighted by Gasteiger charge is -2.13. The van der Waals surface area contributed by atoms with Crippen molar-refractivity contribution in [2.75, 3.05) is 5.32 Å². The Kier molecular flexibility index (Phi) is 4.66. The fraction of sp³-hybridized carbons (Fsp3) is 0.167. The van der Waals surface area contributed by atoms with Crippen LogP contribution in [0.4, 0.5) is 5.69 Å². The number of aromatic nitrogens is 6. The molecule has 0 radical (unpaired) electrons. The van der Waals surface area contributed by atoms with Crippen LogP contribution in [0.1, 0.15) is 19.4 Å². The summed E-state index contributed by atoms with van der Waals surface area (Å²) in [6.07, 6.45) is 0.478. The van der Waals surface area contributed by atoms with E-state index in [0.29, 0.717) is 34.0 Å². The van der Waals surface area contributed by atoms with Crippen LogP contribution in [0.15, 0.2) is 47.3 Å². The minimum absolute atomic E-state index is 0.278. The van der Waals surface area contributed by atoms with Gasteiger partial charge in [0.15, 0.2) is 6.04 Å². The number of nitrogens with one attached hydrogen (secondary N) is 3. The zero-order valence-corrected chi connectivity index (χ0v) is 15.6. The molecule has 4 rings (SSSR count). The Morgan fingerprint density at radius 3 is 2.68 bits per heavy atom. The maximum Gasteiger partial charge on any atom is 0.323 e. The Hall–Kier alpha value is -3.46. The summed E-state index contributed by atoms with van der Waals surface area (Å²) in [5.41, 5.74) is 2.30. The molecule has 0 saturated carbocycles. The lowest BCUT2D eigenvalue weighted by molar-refractivity contribution is -0.119. The van der Waals surface area contributed by atoms with Crippen LogP contribution in [0.5, 0.6) is 0 Å². The quantitative estimate of drug-likeness (QED) is 0.478. The molecular formula is C18H16ClN7O2. The van der Waals surface area contributed by atoms with Gasteiger partial charge < -0.3 is 15.3 Å². The molecule has 0 saturated heterocycles. The predicted octanol–water partition coefficient (Wildman–Crippen LogP) is 2.75. The van der Waals surface area contributed by atoms with Crippen LogP contribution in [0.25, 0.3) is 22.4 Å². The zero-order chi connectivity index (χ0) is 19.7. The summed E-state index contributed by atoms with van der Waals surface area (Å²) in [4.78, 5) is 30.7. The lowest BCUT2D eigenvalue weighted by atomic mass is 10.2. The highest BCUT2D eigenvalue weighted by Crippen LogP contribution is 2.20. The summed E-state index contributed by atoms with van der Waals surface area (Å²) in [7, 11) is 0. The van der Waals surface area contributed by atoms with E-state index in [1.54, 1.807) is 42.5 Å². The molecule has 10 heteroatoms. The van der Waals surface area contributed by atoms with E-state index in [1.165, 1.54) is 4.80 Å². The standard InChI is InChI=1S/C18H16ClN7O2/c1-2-15(26-24-16(23-25-26)10-3-5-11(19)6-4-10)17(27)20-12-7-8-13-14(9-12)22-18(28)21-13/h3-9,15H,2H2,1H3,(H,20,27)(H2,21,22,28). The number of halogens is 1. The Balaban J connectivity index is 1.55. The van der Waals surface area contributed by atoms with Gasteiger partial charge in [0.2, 0.25) is 5.82 Å². The van der Waals surface area contributed by atoms with Crippen molar-refractivity contribution >= 4 is 34.2 Å². The van der Waals surface area contributed by atoms with Gasteiger partial charge in [0.25, 0.3) is 5.91 Å². The van der Waals surface area contributed by atoms with Crippen molar-refractivity contribution in [3.8, 4) is 11.4 Å². The van der Waals surface area contributed by atoms with Crippen molar-refractivity contribution in [2.45, 2.75) is 19.4 Å². The van der Waals surface area contributed by atoms with Gasteiger partial charge in [-0.05, 0) is 54.1 Å². The monoisotopic (exact) mass is 397 g/mol. The smallest absolute Gasteiger partial charge is 0.323 e. The number of benzene rings is 2. The molecular weight excluding hydrogens is 382 g/mol. The summed E-state index contributed by atoms with van der Waals surface area (Å²) in [5, 5.41) is 15.8. The van der Waals surface area contributed by atoms with Gasteiger partial charge in [-0.15, -0.1) is 10.2 Å². The van der Waals surface area contributed by atoms with Crippen molar-refractivity contribution in [3.05, 3.63) is 58.0 Å². The Labute approximate surface area is 163 Å². The van der Waals surface area contributed by atoms with E-state index < -0.39 is 6.04 Å². The van der Waals surface area contributed by atoms with E-state index in [4.69, 9.17) is 11.6 Å². The van der Waals surface area contributed by atoms with Crippen molar-refractivity contribution in [1.29, 1.82) is 0 Å². The zero-order valence-electron chi connectivity index (χ0n) is 14.8. The molecule has 0 bridgehead atoms. The number of H-pyrrole nitrogens is 2. The molecule has 9 nitrogen and oxygen atoms in total. The largest absolute Gasteiger partial charge is 0.324 e. The fourth-order valence-electron chi connectivity index (χ4n) is 2.86. The van der Waals surface area contributed by atoms with E-state index in [0.717, 1.165) is 5.56 Å². The third-order valence-electron chi connectivity index (χ3n) is 4.28. The number of rotatable bonds is 5. The van der Waals surface area contributed by atoms with E-state index >= 15 is 0 Å². The molecule has 0 aliphatic heterocycles. The van der Waals surface area contributed by atoms with Gasteiger partial charge in [0.05, 0.1) is 11.0 Å². The molecule has 2 aromatic heterocycles. The van der Waals surface area contributed by atoms with Crippen LogP contribution < -0.4 is 11.0 Å². The van der Waals surface area contributed by atoms with Crippen LogP contribution in [0.2, 0.25) is 5.02 Å². The second-order valence-electron chi connectivity index (χ2n) is 6.19. The number of hydrogen-bond acceptors (Lipinski definition) is 5. The number of anilines is 1. The Morgan fingerprint density at radius 2 is 1.93 bits per heavy atom. The normalized spacial score (nSPS) is 12.2. The minimum atomic E-state index is -0.630. The molecule has 4 aromatic rings. The van der Waals surface area contributed by atoms with Gasteiger partial charge in [-0.25, -0.2) is 4.79 Å². The molecule has 0 fully saturated rings. The van der Waals surface area contributed by atoms with Gasteiger partial charge in [-0.2, -0.15) is 4.80 Å². The van der Waals surface area contributed by atoms with Crippen LogP contribution in [0.3, 0.4) is 0 Å². The molecule has 2 aromatic carbocycles. The number of imidazole rings is 1. The van der Waals surface area contributed by atoms with Gasteiger partial charge in [-0.1, -0.05) is 18.5 Å². The third kappa shape index (κ3) is 3.52. The number of tetrazole rings is 1. The molecule has 28 heavy (non-hydrogen) atoms. The number of aromatic amines is 2. The van der Waals surface area contributed by atoms with Crippen molar-refractivity contribution in [2.24, 2.45) is 0 Å². The second kappa shape index (κ2) is 7.28. The molecule has 2 heterocycles. The minimum Gasteiger partial charge on any atom is -0.324 e. The number of carbonyl (C=O) groups is 1. The molecule has 3 N–H and O–H groups in total. The topological polar surface area (TPSA) is 121 Å². The predicted molar refractivity (Wildman–Crippen MR) is 105 cm³/mol. The summed E-state index contributed by atoms with van der Waals surface area (Å²) < 4.78 is 0. The molecule has 0 spiro atoms. The van der Waals surface area contributed by atoms with Gasteiger partial charge in [0, 0.05) is 16.3 Å². The Bertz CT molecular complexity index is 1190. The first-order chi connectivity index (χ1) is 13.5. The summed E-state index contributed by atoms with van der Waals surface area (Å²) in [6, 6.07) is 11.5. The number of nitrogens with zero attached hydrogens (tertiary/aromatic N) is 4. The Morgan fingerprint density at radius 1 is 1.18 bits per heavy atom. The van der Waals surface area contributed by atoms with E-state index in [2.05, 4.69) is 30.7 Å². The van der Waals surface area contributed by atoms with Crippen molar-refractivity contribution in [1.82, 2.24) is 30.2 Å². The molecule has 0 aliphatic rings. The highest BCUT2D eigenvalue weighted by atomic mass is 35.5. The van der Waals surface area contributed by atoms with E-state index in [9.17, 15) is 9.59 Å². The molecule has 1 amide bonds. The van der Waals surface area contributed by atoms with E-state index in [-0.39, 0.29) is 11.6 Å². The van der Waals surface area contributed by atoms with Gasteiger partial charge >= 0.3 is 5.69 Å². The first-order valence-electron chi connectivity index (χ1n) is 8.62. The van der Waals surface area contributed by atoms with E-state index in [1.807, 2.05) is 6.92 Å². The number of fused-ring (bicyclic) bond motifs is 1. The maximum atomic E-state index is 12.7. The molecule has 142 valence electrons. The van der Waals surface area contributed by atoms with Crippen LogP contribution in [0, 0.1) is 0 Å². The summed E-state index contributed by atoms with van der Waals surface area (Å²) >= 11 is 5.90. The van der Waals surface area contributed by atoms with Crippen LogP contribution >= 0.6 is 11.6 Å². The SMILES string of the molecule is CCC(C(=O)Nc1ccc2[nH]c(=O)[nH]c2c1)n1nnc(-c2ccc(Cl)cc2)n1. The highest BCUT2D eigenvalue weighted by molar-refractivity contribution is 6.30. The average molecular weight is 398 g/mol. The van der Waals surface area contributed by atoms with Crippen LogP contribution in [-0.2, 0) is 4.79 Å². The second-order valence-corrected chi connectivity index (χ2v) is 6.63. The molecule has 0 aliphatic carbocycles.